The molecule has 1 aliphatic carbocycles. The number of unbranched alkanes of at least 4 members (excludes halogenated alkanes) is 3. The van der Waals surface area contributed by atoms with Crippen molar-refractivity contribution in [2.75, 3.05) is 6.61 Å². The molecule has 1 aliphatic rings. The van der Waals surface area contributed by atoms with Crippen LogP contribution in [-0.4, -0.2) is 17.9 Å². The second kappa shape index (κ2) is 9.89. The van der Waals surface area contributed by atoms with Gasteiger partial charge in [0.05, 0.1) is 17.0 Å². The van der Waals surface area contributed by atoms with Crippen LogP contribution in [0, 0.1) is 0 Å². The molecule has 1 aromatic rings. The third kappa shape index (κ3) is 5.64. The lowest BCUT2D eigenvalue weighted by atomic mass is 9.82. The van der Waals surface area contributed by atoms with E-state index in [9.17, 15) is 0 Å². The highest BCUT2D eigenvalue weighted by Crippen LogP contribution is 2.34. The molecule has 2 nitrogen and oxygen atoms in total. The number of rotatable bonds is 8. The van der Waals surface area contributed by atoms with E-state index in [0.29, 0.717) is 12.0 Å². The van der Waals surface area contributed by atoms with E-state index in [1.807, 2.05) is 12.1 Å². The van der Waals surface area contributed by atoms with Gasteiger partial charge in [-0.25, -0.2) is 0 Å². The molecule has 22 heavy (non-hydrogen) atoms. The van der Waals surface area contributed by atoms with E-state index in [4.69, 9.17) is 4.74 Å². The van der Waals surface area contributed by atoms with Crippen molar-refractivity contribution in [3.8, 4) is 0 Å². The molecule has 0 bridgehead atoms. The summed E-state index contributed by atoms with van der Waals surface area (Å²) in [7, 11) is 0. The van der Waals surface area contributed by atoms with Gasteiger partial charge in [-0.15, -0.1) is 0 Å². The predicted molar refractivity (Wildman–Crippen MR) is 96.2 cm³/mol. The fourth-order valence-electron chi connectivity index (χ4n) is 3.22. The normalized spacial score (nSPS) is 21.3. The molecule has 0 atom stereocenters. The van der Waals surface area contributed by atoms with Crippen LogP contribution < -0.4 is 0 Å². The fraction of sp³-hybridized carbons (Fsp3) is 0.632. The van der Waals surface area contributed by atoms with Crippen LogP contribution in [0.4, 0.5) is 5.69 Å². The van der Waals surface area contributed by atoms with Crippen molar-refractivity contribution in [3.05, 3.63) is 29.8 Å². The topological polar surface area (TPSA) is 21.6 Å². The maximum absolute atomic E-state index is 6.03. The molecule has 1 aromatic carbocycles. The molecule has 3 heteroatoms. The Balaban J connectivity index is 1.71. The fourth-order valence-corrected chi connectivity index (χ4v) is 3.32. The van der Waals surface area contributed by atoms with Crippen LogP contribution in [0.5, 0.6) is 0 Å². The van der Waals surface area contributed by atoms with E-state index in [2.05, 4.69) is 41.4 Å². The third-order valence-corrected chi connectivity index (χ3v) is 4.66. The quantitative estimate of drug-likeness (QED) is 0.331. The van der Waals surface area contributed by atoms with Crippen molar-refractivity contribution in [2.45, 2.75) is 70.3 Å². The number of benzene rings is 1. The molecular formula is C19H27NOS. The van der Waals surface area contributed by atoms with Gasteiger partial charge in [-0.2, -0.15) is 4.99 Å². The molecule has 0 amide bonds. The zero-order chi connectivity index (χ0) is 15.6. The second-order valence-corrected chi connectivity index (χ2v) is 6.38. The lowest BCUT2D eigenvalue weighted by Crippen LogP contribution is -2.21. The maximum Gasteiger partial charge on any atom is 0.0739 e. The minimum atomic E-state index is 0.483. The Morgan fingerprint density at radius 3 is 2.45 bits per heavy atom. The van der Waals surface area contributed by atoms with Crippen LogP contribution in [0.2, 0.25) is 0 Å². The minimum absolute atomic E-state index is 0.483. The minimum Gasteiger partial charge on any atom is -0.378 e. The molecule has 0 radical (unpaired) electrons. The number of ether oxygens (including phenoxy) is 1. The van der Waals surface area contributed by atoms with Gasteiger partial charge in [-0.05, 0) is 67.9 Å². The van der Waals surface area contributed by atoms with Gasteiger partial charge in [0.15, 0.2) is 0 Å². The SMILES string of the molecule is CCCCCCOC1CCC(c2ccc(N=C=S)cc2)CC1. The van der Waals surface area contributed by atoms with E-state index >= 15 is 0 Å². The largest absolute Gasteiger partial charge is 0.378 e. The highest BCUT2D eigenvalue weighted by molar-refractivity contribution is 7.78. The van der Waals surface area contributed by atoms with E-state index in [0.717, 1.165) is 12.3 Å². The summed E-state index contributed by atoms with van der Waals surface area (Å²) in [5.41, 5.74) is 2.31. The Hall–Kier alpha value is -1.02. The van der Waals surface area contributed by atoms with Gasteiger partial charge in [0.25, 0.3) is 0 Å². The first-order valence-electron chi connectivity index (χ1n) is 8.63. The summed E-state index contributed by atoms with van der Waals surface area (Å²) < 4.78 is 6.03. The highest BCUT2D eigenvalue weighted by Gasteiger charge is 2.22. The molecule has 0 spiro atoms. The molecule has 0 heterocycles. The van der Waals surface area contributed by atoms with Crippen LogP contribution >= 0.6 is 12.2 Å². The number of hydrogen-bond acceptors (Lipinski definition) is 3. The van der Waals surface area contributed by atoms with Crippen molar-refractivity contribution in [1.29, 1.82) is 0 Å². The molecule has 1 fully saturated rings. The molecule has 0 aliphatic heterocycles. The Morgan fingerprint density at radius 1 is 1.09 bits per heavy atom. The molecule has 120 valence electrons. The van der Waals surface area contributed by atoms with E-state index in [1.165, 1.54) is 56.9 Å². The summed E-state index contributed by atoms with van der Waals surface area (Å²) in [6.07, 6.45) is 10.5. The van der Waals surface area contributed by atoms with Gasteiger partial charge >= 0.3 is 0 Å². The van der Waals surface area contributed by atoms with Crippen molar-refractivity contribution in [1.82, 2.24) is 0 Å². The third-order valence-electron chi connectivity index (χ3n) is 4.56. The lowest BCUT2D eigenvalue weighted by molar-refractivity contribution is 0.0226. The van der Waals surface area contributed by atoms with E-state index in [-0.39, 0.29) is 0 Å². The van der Waals surface area contributed by atoms with Crippen LogP contribution in [0.25, 0.3) is 0 Å². The van der Waals surface area contributed by atoms with Gasteiger partial charge in [0.1, 0.15) is 0 Å². The van der Waals surface area contributed by atoms with Crippen LogP contribution in [0.15, 0.2) is 29.3 Å². The average Bonchev–Trinajstić information content (AvgIpc) is 2.56. The second-order valence-electron chi connectivity index (χ2n) is 6.20. The first kappa shape index (κ1) is 17.3. The molecule has 2 rings (SSSR count). The number of aliphatic imine (C=N–C) groups is 1. The van der Waals surface area contributed by atoms with Gasteiger partial charge in [0.2, 0.25) is 0 Å². The number of nitrogens with zero attached hydrogens (tertiary/aromatic N) is 1. The van der Waals surface area contributed by atoms with Gasteiger partial charge < -0.3 is 4.74 Å². The molecule has 0 saturated heterocycles. The van der Waals surface area contributed by atoms with Crippen molar-refractivity contribution >= 4 is 23.1 Å². The summed E-state index contributed by atoms with van der Waals surface area (Å²) in [5.74, 6) is 0.672. The van der Waals surface area contributed by atoms with Crippen molar-refractivity contribution in [3.63, 3.8) is 0 Å². The lowest BCUT2D eigenvalue weighted by Gasteiger charge is -2.29. The average molecular weight is 317 g/mol. The Bertz CT molecular complexity index is 471. The standard InChI is InChI=1S/C19H27NOS/c1-2-3-4-5-14-21-19-12-8-17(9-13-19)16-6-10-18(11-7-16)20-15-22/h6-7,10-11,17,19H,2-5,8-9,12-14H2,1H3. The Labute approximate surface area is 140 Å². The summed E-state index contributed by atoms with van der Waals surface area (Å²) in [6, 6.07) is 8.43. The summed E-state index contributed by atoms with van der Waals surface area (Å²) >= 11 is 4.63. The number of thiocarbonyl (C=S) groups is 1. The van der Waals surface area contributed by atoms with Gasteiger partial charge in [-0.3, -0.25) is 0 Å². The summed E-state index contributed by atoms with van der Waals surface area (Å²) in [6.45, 7) is 3.19. The molecule has 0 N–H and O–H groups in total. The zero-order valence-electron chi connectivity index (χ0n) is 13.6. The Kier molecular flexibility index (Phi) is 7.79. The van der Waals surface area contributed by atoms with Gasteiger partial charge in [0, 0.05) is 6.61 Å². The number of isothiocyanates is 1. The smallest absolute Gasteiger partial charge is 0.0739 e. The maximum atomic E-state index is 6.03. The van der Waals surface area contributed by atoms with Gasteiger partial charge in [-0.1, -0.05) is 38.3 Å². The first-order valence-corrected chi connectivity index (χ1v) is 9.03. The number of hydrogen-bond donors (Lipinski definition) is 0. The van der Waals surface area contributed by atoms with Crippen LogP contribution in [0.1, 0.15) is 69.8 Å². The van der Waals surface area contributed by atoms with Crippen LogP contribution in [0.3, 0.4) is 0 Å². The monoisotopic (exact) mass is 317 g/mol. The molecular weight excluding hydrogens is 290 g/mol. The van der Waals surface area contributed by atoms with Crippen molar-refractivity contribution in [2.24, 2.45) is 4.99 Å². The zero-order valence-corrected chi connectivity index (χ0v) is 14.4. The molecule has 1 saturated carbocycles. The molecule has 0 aromatic heterocycles. The highest BCUT2D eigenvalue weighted by atomic mass is 32.1. The summed E-state index contributed by atoms with van der Waals surface area (Å²) in [4.78, 5) is 4.00. The summed E-state index contributed by atoms with van der Waals surface area (Å²) in [5, 5.41) is 2.41. The van der Waals surface area contributed by atoms with Crippen LogP contribution in [-0.2, 0) is 4.74 Å². The van der Waals surface area contributed by atoms with E-state index < -0.39 is 0 Å². The van der Waals surface area contributed by atoms with E-state index in [1.54, 1.807) is 0 Å². The Morgan fingerprint density at radius 2 is 1.82 bits per heavy atom. The molecule has 0 unspecified atom stereocenters. The predicted octanol–water partition coefficient (Wildman–Crippen LogP) is 6.04. The van der Waals surface area contributed by atoms with Crippen molar-refractivity contribution < 1.29 is 4.74 Å². The first-order chi connectivity index (χ1) is 10.8.